The van der Waals surface area contributed by atoms with Crippen LogP contribution in [0.15, 0.2) is 279 Å². The van der Waals surface area contributed by atoms with Gasteiger partial charge in [0.1, 0.15) is 0 Å². The second-order valence-corrected chi connectivity index (χ2v) is 18.4. The molecule has 334 valence electrons. The summed E-state index contributed by atoms with van der Waals surface area (Å²) in [5.41, 5.74) is 19.0. The molecule has 13 aromatic rings. The van der Waals surface area contributed by atoms with Crippen LogP contribution in [0, 0.1) is 0 Å². The summed E-state index contributed by atoms with van der Waals surface area (Å²) < 4.78 is 2.47. The number of hydrogen-bond donors (Lipinski definition) is 0. The van der Waals surface area contributed by atoms with E-state index in [4.69, 9.17) is 0 Å². The average molecular weight is 905 g/mol. The van der Waals surface area contributed by atoms with E-state index >= 15 is 0 Å². The lowest BCUT2D eigenvalue weighted by molar-refractivity contribution is 0.978. The lowest BCUT2D eigenvalue weighted by Crippen LogP contribution is -2.18. The largest absolute Gasteiger partial charge is 0.336 e. The van der Waals surface area contributed by atoms with Gasteiger partial charge in [-0.3, -0.25) is 0 Å². The van der Waals surface area contributed by atoms with Crippen molar-refractivity contribution in [3.8, 4) is 61.3 Å². The van der Waals surface area contributed by atoms with Gasteiger partial charge in [-0.15, -0.1) is 0 Å². The zero-order valence-corrected chi connectivity index (χ0v) is 39.2. The molecule has 0 N–H and O–H groups in total. The lowest BCUT2D eigenvalue weighted by Gasteiger charge is -2.29. The van der Waals surface area contributed by atoms with Crippen LogP contribution < -0.4 is 4.90 Å². The Bertz CT molecular complexity index is 4050. The third-order valence-electron chi connectivity index (χ3n) is 14.3. The fourth-order valence-electron chi connectivity index (χ4n) is 10.8. The van der Waals surface area contributed by atoms with Crippen molar-refractivity contribution in [2.75, 3.05) is 4.90 Å². The molecule has 0 aliphatic rings. The van der Waals surface area contributed by atoms with Crippen molar-refractivity contribution in [3.63, 3.8) is 0 Å². The highest BCUT2D eigenvalue weighted by Crippen LogP contribution is 2.43. The van der Waals surface area contributed by atoms with Crippen LogP contribution in [-0.2, 0) is 6.54 Å². The van der Waals surface area contributed by atoms with Crippen molar-refractivity contribution in [2.45, 2.75) is 6.54 Å². The van der Waals surface area contributed by atoms with Gasteiger partial charge in [0.15, 0.2) is 0 Å². The molecule has 0 amide bonds. The van der Waals surface area contributed by atoms with Gasteiger partial charge in [0.05, 0.1) is 16.7 Å². The summed E-state index contributed by atoms with van der Waals surface area (Å²) >= 11 is 0. The van der Waals surface area contributed by atoms with Crippen LogP contribution in [-0.4, -0.2) is 4.57 Å². The first kappa shape index (κ1) is 41.9. The summed E-state index contributed by atoms with van der Waals surface area (Å²) in [7, 11) is 0. The molecule has 2 nitrogen and oxygen atoms in total. The summed E-state index contributed by atoms with van der Waals surface area (Å²) in [5, 5.41) is 7.48. The molecule has 0 spiro atoms. The Morgan fingerprint density at radius 1 is 0.282 bits per heavy atom. The normalized spacial score (nSPS) is 11.4. The number of nitrogens with zero attached hydrogens (tertiary/aromatic N) is 2. The molecule has 0 bridgehead atoms. The van der Waals surface area contributed by atoms with E-state index in [0.29, 0.717) is 6.54 Å². The van der Waals surface area contributed by atoms with Crippen LogP contribution in [0.1, 0.15) is 5.56 Å². The first-order chi connectivity index (χ1) is 35.2. The number of rotatable bonds is 10. The van der Waals surface area contributed by atoms with Crippen molar-refractivity contribution in [1.82, 2.24) is 4.57 Å². The van der Waals surface area contributed by atoms with Crippen molar-refractivity contribution in [1.29, 1.82) is 0 Å². The van der Waals surface area contributed by atoms with Crippen molar-refractivity contribution in [3.05, 3.63) is 285 Å². The number of para-hydroxylation sites is 2. The third-order valence-corrected chi connectivity index (χ3v) is 14.3. The second kappa shape index (κ2) is 18.0. The fraction of sp³-hybridized carbons (Fsp3) is 0.0145. The first-order valence-electron chi connectivity index (χ1n) is 24.5. The van der Waals surface area contributed by atoms with Gasteiger partial charge in [-0.1, -0.05) is 231 Å². The number of fused-ring (bicyclic) bond motifs is 5. The van der Waals surface area contributed by atoms with Gasteiger partial charge >= 0.3 is 0 Å². The van der Waals surface area contributed by atoms with E-state index in [0.717, 1.165) is 17.1 Å². The van der Waals surface area contributed by atoms with Gasteiger partial charge in [0.25, 0.3) is 0 Å². The van der Waals surface area contributed by atoms with Crippen molar-refractivity contribution < 1.29 is 0 Å². The SMILES string of the molecule is c1ccc(-c2ccc(-c3ccccc3N(Cc3ccccc3-c3ccc(-n4c5ccccc5c5cc6ccccc6cc54)c(-c4ccccc4)c3)c3ccc(-c4cccc5ccccc45)cc3)cc2)cc1. The monoisotopic (exact) mass is 904 g/mol. The summed E-state index contributed by atoms with van der Waals surface area (Å²) in [6, 6.07) is 102. The molecular formula is C69H48N2. The maximum absolute atomic E-state index is 2.50. The lowest BCUT2D eigenvalue weighted by atomic mass is 9.93. The predicted octanol–water partition coefficient (Wildman–Crippen LogP) is 18.8. The van der Waals surface area contributed by atoms with E-state index in [1.54, 1.807) is 0 Å². The summed E-state index contributed by atoms with van der Waals surface area (Å²) in [6.07, 6.45) is 0. The predicted molar refractivity (Wildman–Crippen MR) is 302 cm³/mol. The van der Waals surface area contributed by atoms with E-state index in [-0.39, 0.29) is 0 Å². The van der Waals surface area contributed by atoms with Gasteiger partial charge in [0, 0.05) is 39.8 Å². The Hall–Kier alpha value is -9.24. The van der Waals surface area contributed by atoms with Crippen molar-refractivity contribution in [2.24, 2.45) is 0 Å². The highest BCUT2D eigenvalue weighted by Gasteiger charge is 2.21. The maximum atomic E-state index is 2.50. The third kappa shape index (κ3) is 7.73. The van der Waals surface area contributed by atoms with Gasteiger partial charge in [-0.05, 0) is 120 Å². The molecule has 13 rings (SSSR count). The quantitative estimate of drug-likeness (QED) is 0.133. The van der Waals surface area contributed by atoms with E-state index in [1.807, 2.05) is 0 Å². The molecule has 12 aromatic carbocycles. The smallest absolute Gasteiger partial charge is 0.0547 e. The van der Waals surface area contributed by atoms with Crippen LogP contribution >= 0.6 is 0 Å². The molecule has 2 heteroatoms. The summed E-state index contributed by atoms with van der Waals surface area (Å²) in [4.78, 5) is 2.50. The van der Waals surface area contributed by atoms with Crippen LogP contribution in [0.4, 0.5) is 11.4 Å². The van der Waals surface area contributed by atoms with Crippen LogP contribution in [0.3, 0.4) is 0 Å². The molecule has 0 fully saturated rings. The molecule has 0 saturated carbocycles. The Morgan fingerprint density at radius 3 is 1.59 bits per heavy atom. The molecule has 1 aromatic heterocycles. The van der Waals surface area contributed by atoms with Gasteiger partial charge in [-0.25, -0.2) is 0 Å². The molecule has 1 heterocycles. The molecule has 0 atom stereocenters. The maximum Gasteiger partial charge on any atom is 0.0547 e. The second-order valence-electron chi connectivity index (χ2n) is 18.4. The molecule has 71 heavy (non-hydrogen) atoms. The summed E-state index contributed by atoms with van der Waals surface area (Å²) in [5.74, 6) is 0. The van der Waals surface area contributed by atoms with Gasteiger partial charge < -0.3 is 9.47 Å². The van der Waals surface area contributed by atoms with Crippen LogP contribution in [0.5, 0.6) is 0 Å². The van der Waals surface area contributed by atoms with E-state index in [1.165, 1.54) is 105 Å². The molecular weight excluding hydrogens is 857 g/mol. The van der Waals surface area contributed by atoms with Gasteiger partial charge in [0.2, 0.25) is 0 Å². The minimum atomic E-state index is 0.644. The highest BCUT2D eigenvalue weighted by molar-refractivity contribution is 6.14. The molecule has 0 aliphatic carbocycles. The minimum Gasteiger partial charge on any atom is -0.336 e. The highest BCUT2D eigenvalue weighted by atomic mass is 15.1. The number of anilines is 2. The Morgan fingerprint density at radius 2 is 0.803 bits per heavy atom. The van der Waals surface area contributed by atoms with Gasteiger partial charge in [-0.2, -0.15) is 0 Å². The van der Waals surface area contributed by atoms with Crippen LogP contribution in [0.2, 0.25) is 0 Å². The molecule has 0 aliphatic heterocycles. The Kier molecular flexibility index (Phi) is 10.6. The number of hydrogen-bond acceptors (Lipinski definition) is 1. The van der Waals surface area contributed by atoms with E-state index in [2.05, 4.69) is 289 Å². The zero-order valence-electron chi connectivity index (χ0n) is 39.2. The van der Waals surface area contributed by atoms with E-state index < -0.39 is 0 Å². The number of benzene rings is 12. The molecule has 0 unspecified atom stereocenters. The van der Waals surface area contributed by atoms with Crippen LogP contribution in [0.25, 0.3) is 105 Å². The minimum absolute atomic E-state index is 0.644. The Balaban J connectivity index is 0.952. The Labute approximate surface area is 414 Å². The summed E-state index contributed by atoms with van der Waals surface area (Å²) in [6.45, 7) is 0.644. The standard InChI is InChI=1S/C69H48N2/c1-3-18-48(19-4-1)49-34-36-53(37-35-49)62-29-13-15-32-66(62)70(58-41-38-52(39-42-58)61-31-17-26-50-22-9-12-28-60(50)61)47-57-25-10-11-27-59(57)56-40-43-68(64(45-56)51-20-5-2-6-21-51)71-67-33-16-14-30-63(67)65-44-54-23-7-8-24-55(54)46-69(65)71/h1-46H,47H2. The zero-order chi connectivity index (χ0) is 47.1. The average Bonchev–Trinajstić information content (AvgIpc) is 3.77. The first-order valence-corrected chi connectivity index (χ1v) is 24.5. The van der Waals surface area contributed by atoms with Crippen molar-refractivity contribution >= 4 is 54.7 Å². The fourth-order valence-corrected chi connectivity index (χ4v) is 10.8. The topological polar surface area (TPSA) is 8.17 Å². The number of aromatic nitrogens is 1. The molecule has 0 radical (unpaired) electrons. The van der Waals surface area contributed by atoms with E-state index in [9.17, 15) is 0 Å². The molecule has 0 saturated heterocycles.